The molecule has 0 fully saturated rings. The molecule has 0 atom stereocenters. The van der Waals surface area contributed by atoms with Gasteiger partial charge in [0.1, 0.15) is 0 Å². The van der Waals surface area contributed by atoms with Crippen LogP contribution in [0.4, 0.5) is 5.13 Å². The minimum Gasteiger partial charge on any atom is -0.337 e. The quantitative estimate of drug-likeness (QED) is 0.326. The van der Waals surface area contributed by atoms with Gasteiger partial charge in [-0.2, -0.15) is 0 Å². The topological polar surface area (TPSA) is 51.0 Å². The molecule has 5 nitrogen and oxygen atoms in total. The highest BCUT2D eigenvalue weighted by Gasteiger charge is 2.23. The molecule has 0 radical (unpaired) electrons. The Morgan fingerprint density at radius 2 is 2.07 bits per heavy atom. The van der Waals surface area contributed by atoms with Crippen molar-refractivity contribution < 1.29 is 4.79 Å². The van der Waals surface area contributed by atoms with Gasteiger partial charge in [-0.15, -0.1) is 12.4 Å². The molecule has 4 rings (SSSR count). The molecule has 2 heterocycles. The van der Waals surface area contributed by atoms with E-state index in [0.29, 0.717) is 27.3 Å². The lowest BCUT2D eigenvalue weighted by atomic mass is 10.2. The number of carbonyl (C=O) groups is 1. The van der Waals surface area contributed by atoms with Gasteiger partial charge in [0.15, 0.2) is 5.13 Å². The van der Waals surface area contributed by atoms with E-state index >= 15 is 0 Å². The molecule has 156 valence electrons. The lowest BCUT2D eigenvalue weighted by molar-refractivity contribution is 0.0986. The van der Waals surface area contributed by atoms with Crippen LogP contribution in [0.2, 0.25) is 10.0 Å². The molecule has 0 saturated heterocycles. The van der Waals surface area contributed by atoms with Crippen molar-refractivity contribution in [3.63, 3.8) is 0 Å². The highest BCUT2D eigenvalue weighted by atomic mass is 35.5. The number of thiazole rings is 1. The Bertz CT molecular complexity index is 1160. The molecular weight excluding hydrogens is 463 g/mol. The van der Waals surface area contributed by atoms with Crippen molar-refractivity contribution in [1.82, 2.24) is 14.5 Å². The smallest absolute Gasteiger partial charge is 0.261 e. The molecule has 2 aromatic carbocycles. The van der Waals surface area contributed by atoms with Gasteiger partial charge in [0.25, 0.3) is 5.91 Å². The molecule has 0 aliphatic carbocycles. The molecule has 0 bridgehead atoms. The number of imidazole rings is 1. The zero-order chi connectivity index (χ0) is 20.4. The average molecular weight is 482 g/mol. The first-order chi connectivity index (χ1) is 14.0. The van der Waals surface area contributed by atoms with Crippen molar-refractivity contribution in [3.8, 4) is 0 Å². The Hall–Kier alpha value is -2.12. The first-order valence-electron chi connectivity index (χ1n) is 9.12. The molecule has 0 saturated carbocycles. The number of nitrogens with zero attached hydrogens (tertiary/aromatic N) is 4. The number of amides is 1. The summed E-state index contributed by atoms with van der Waals surface area (Å²) in [5.41, 5.74) is 2.37. The van der Waals surface area contributed by atoms with Crippen molar-refractivity contribution in [1.29, 1.82) is 0 Å². The summed E-state index contributed by atoms with van der Waals surface area (Å²) in [5.74, 6) is -0.208. The third kappa shape index (κ3) is 4.78. The predicted molar refractivity (Wildman–Crippen MR) is 127 cm³/mol. The number of halogens is 3. The van der Waals surface area contributed by atoms with Crippen LogP contribution in [0.1, 0.15) is 22.3 Å². The normalized spacial score (nSPS) is 10.8. The molecule has 0 N–H and O–H groups in total. The molecular formula is C21H19Cl3N4OS. The van der Waals surface area contributed by atoms with E-state index in [-0.39, 0.29) is 18.3 Å². The summed E-state index contributed by atoms with van der Waals surface area (Å²) < 4.78 is 3.03. The summed E-state index contributed by atoms with van der Waals surface area (Å²) in [6.45, 7) is 3.26. The van der Waals surface area contributed by atoms with Gasteiger partial charge in [0, 0.05) is 30.5 Å². The number of rotatable bonds is 6. The van der Waals surface area contributed by atoms with Gasteiger partial charge in [-0.05, 0) is 43.2 Å². The molecule has 1 amide bonds. The van der Waals surface area contributed by atoms with Gasteiger partial charge in [-0.1, -0.05) is 46.7 Å². The molecule has 0 spiro atoms. The Labute approximate surface area is 194 Å². The Morgan fingerprint density at radius 3 is 2.80 bits per heavy atom. The number of carbonyl (C=O) groups excluding carboxylic acids is 1. The monoisotopic (exact) mass is 480 g/mol. The second kappa shape index (κ2) is 9.79. The van der Waals surface area contributed by atoms with Crippen LogP contribution < -0.4 is 4.90 Å². The molecule has 2 aromatic heterocycles. The van der Waals surface area contributed by atoms with Gasteiger partial charge >= 0.3 is 0 Å². The molecule has 4 aromatic rings. The molecule has 30 heavy (non-hydrogen) atoms. The van der Waals surface area contributed by atoms with Crippen LogP contribution >= 0.6 is 46.9 Å². The number of para-hydroxylation sites is 1. The number of benzene rings is 2. The number of hydrogen-bond acceptors (Lipinski definition) is 4. The highest BCUT2D eigenvalue weighted by molar-refractivity contribution is 7.22. The first kappa shape index (κ1) is 22.6. The third-order valence-electron chi connectivity index (χ3n) is 4.60. The van der Waals surface area contributed by atoms with E-state index in [1.54, 1.807) is 35.6 Å². The van der Waals surface area contributed by atoms with Crippen molar-refractivity contribution in [2.24, 2.45) is 0 Å². The van der Waals surface area contributed by atoms with Crippen molar-refractivity contribution >= 4 is 68.2 Å². The second-order valence-electron chi connectivity index (χ2n) is 6.65. The van der Waals surface area contributed by atoms with E-state index in [0.717, 1.165) is 28.7 Å². The van der Waals surface area contributed by atoms with E-state index in [1.807, 2.05) is 35.9 Å². The predicted octanol–water partition coefficient (Wildman–Crippen LogP) is 6.27. The Kier molecular flexibility index (Phi) is 7.36. The first-order valence-corrected chi connectivity index (χ1v) is 10.7. The number of anilines is 1. The summed E-state index contributed by atoms with van der Waals surface area (Å²) in [4.78, 5) is 23.9. The molecule has 0 aliphatic heterocycles. The van der Waals surface area contributed by atoms with Gasteiger partial charge in [-0.25, -0.2) is 9.97 Å². The molecule has 0 aliphatic rings. The van der Waals surface area contributed by atoms with Crippen LogP contribution in [0.15, 0.2) is 55.1 Å². The van der Waals surface area contributed by atoms with E-state index in [1.165, 1.54) is 11.3 Å². The fourth-order valence-corrected chi connectivity index (χ4v) is 4.55. The number of fused-ring (bicyclic) bond motifs is 1. The van der Waals surface area contributed by atoms with Crippen molar-refractivity contribution in [3.05, 3.63) is 76.3 Å². The second-order valence-corrected chi connectivity index (χ2v) is 8.51. The zero-order valence-electron chi connectivity index (χ0n) is 16.1. The fraction of sp³-hybridized carbons (Fsp3) is 0.190. The number of hydrogen-bond donors (Lipinski definition) is 0. The summed E-state index contributed by atoms with van der Waals surface area (Å²) in [5, 5.41) is 1.49. The van der Waals surface area contributed by atoms with E-state index in [4.69, 9.17) is 28.2 Å². The highest BCUT2D eigenvalue weighted by Crippen LogP contribution is 2.32. The van der Waals surface area contributed by atoms with E-state index in [9.17, 15) is 4.79 Å². The van der Waals surface area contributed by atoms with E-state index in [2.05, 4.69) is 4.98 Å². The lowest BCUT2D eigenvalue weighted by Gasteiger charge is -2.21. The van der Waals surface area contributed by atoms with Crippen LogP contribution in [0.3, 0.4) is 0 Å². The summed E-state index contributed by atoms with van der Waals surface area (Å²) in [7, 11) is 0. The summed E-state index contributed by atoms with van der Waals surface area (Å²) in [6, 6.07) is 11.0. The van der Waals surface area contributed by atoms with E-state index < -0.39 is 0 Å². The maximum atomic E-state index is 13.4. The minimum atomic E-state index is -0.208. The summed E-state index contributed by atoms with van der Waals surface area (Å²) in [6.07, 6.45) is 6.16. The maximum Gasteiger partial charge on any atom is 0.261 e. The number of aryl methyl sites for hydroxylation is 2. The Balaban J connectivity index is 0.00000256. The number of aromatic nitrogens is 3. The Morgan fingerprint density at radius 1 is 1.23 bits per heavy atom. The minimum absolute atomic E-state index is 0. The molecule has 9 heteroatoms. The van der Waals surface area contributed by atoms with Gasteiger partial charge in [0.05, 0.1) is 27.1 Å². The maximum absolute atomic E-state index is 13.4. The SMILES string of the molecule is Cc1cccc2sc(N(CCCn3ccnc3)C(=O)c3cc(Cl)ccc3Cl)nc12.Cl. The van der Waals surface area contributed by atoms with Crippen LogP contribution in [0, 0.1) is 6.92 Å². The standard InChI is InChI=1S/C21H18Cl2N4OS.ClH/c1-14-4-2-5-18-19(14)25-21(29-18)27(10-3-9-26-11-8-24-13-26)20(28)16-12-15(22)6-7-17(16)23;/h2,4-8,11-13H,3,9-10H2,1H3;1H. The van der Waals surface area contributed by atoms with Crippen LogP contribution in [-0.4, -0.2) is 27.0 Å². The van der Waals surface area contributed by atoms with Crippen molar-refractivity contribution in [2.45, 2.75) is 19.9 Å². The van der Waals surface area contributed by atoms with Gasteiger partial charge < -0.3 is 4.57 Å². The van der Waals surface area contributed by atoms with Crippen LogP contribution in [0.5, 0.6) is 0 Å². The van der Waals surface area contributed by atoms with Crippen LogP contribution in [-0.2, 0) is 6.54 Å². The third-order valence-corrected chi connectivity index (χ3v) is 6.21. The largest absolute Gasteiger partial charge is 0.337 e. The zero-order valence-corrected chi connectivity index (χ0v) is 19.2. The lowest BCUT2D eigenvalue weighted by Crippen LogP contribution is -2.32. The van der Waals surface area contributed by atoms with Gasteiger partial charge in [-0.3, -0.25) is 9.69 Å². The van der Waals surface area contributed by atoms with Crippen LogP contribution in [0.25, 0.3) is 10.2 Å². The summed E-state index contributed by atoms with van der Waals surface area (Å²) >= 11 is 13.9. The fourth-order valence-electron chi connectivity index (χ4n) is 3.11. The average Bonchev–Trinajstić information content (AvgIpc) is 3.37. The van der Waals surface area contributed by atoms with Gasteiger partial charge in [0.2, 0.25) is 0 Å². The van der Waals surface area contributed by atoms with Crippen molar-refractivity contribution in [2.75, 3.05) is 11.4 Å². The molecule has 0 unspecified atom stereocenters.